The highest BCUT2D eigenvalue weighted by molar-refractivity contribution is 7.13. The van der Waals surface area contributed by atoms with Gasteiger partial charge in [0.1, 0.15) is 17.7 Å². The predicted octanol–water partition coefficient (Wildman–Crippen LogP) is 2.28. The van der Waals surface area contributed by atoms with E-state index in [2.05, 4.69) is 15.3 Å². The van der Waals surface area contributed by atoms with E-state index in [-0.39, 0.29) is 31.0 Å². The fraction of sp³-hybridized carbons (Fsp3) is 0.385. The highest BCUT2D eigenvalue weighted by Crippen LogP contribution is 2.27. The Labute approximate surface area is 151 Å². The average molecular weight is 382 g/mol. The van der Waals surface area contributed by atoms with Crippen molar-refractivity contribution in [2.75, 3.05) is 13.2 Å². The van der Waals surface area contributed by atoms with Crippen LogP contribution in [0, 0.1) is 0 Å². The number of nitrogens with one attached hydrogen (secondary N) is 1. The summed E-state index contributed by atoms with van der Waals surface area (Å²) < 4.78 is 10.7. The molecule has 0 amide bonds. The first-order chi connectivity index (χ1) is 10.2. The van der Waals surface area contributed by atoms with Crippen LogP contribution in [0.5, 0.6) is 0 Å². The quantitative estimate of drug-likeness (QED) is 0.367. The minimum Gasteiger partial charge on any atom is -0.458 e. The summed E-state index contributed by atoms with van der Waals surface area (Å²) in [5.41, 5.74) is 11.9. The Morgan fingerprint density at radius 1 is 1.48 bits per heavy atom. The van der Waals surface area contributed by atoms with Crippen LogP contribution in [0.4, 0.5) is 5.13 Å². The van der Waals surface area contributed by atoms with E-state index >= 15 is 0 Å². The topological polar surface area (TPSA) is 112 Å². The Morgan fingerprint density at radius 2 is 2.26 bits per heavy atom. The molecule has 0 aromatic carbocycles. The fourth-order valence-electron chi connectivity index (χ4n) is 1.60. The van der Waals surface area contributed by atoms with E-state index in [9.17, 15) is 0 Å². The number of hydrogen-bond acceptors (Lipinski definition) is 7. The van der Waals surface area contributed by atoms with Crippen molar-refractivity contribution < 1.29 is 9.15 Å². The molecule has 2 heterocycles. The maximum absolute atomic E-state index is 5.68. The number of halogens is 2. The molecule has 0 saturated carbocycles. The number of thiazole rings is 1. The number of nitrogens with zero attached hydrogens (tertiary/aromatic N) is 2. The number of aromatic nitrogens is 1. The zero-order valence-electron chi connectivity index (χ0n) is 12.6. The first-order valence-electron chi connectivity index (χ1n) is 6.60. The molecule has 5 N–H and O–H groups in total. The summed E-state index contributed by atoms with van der Waals surface area (Å²) in [6.07, 6.45) is 1.22. The van der Waals surface area contributed by atoms with E-state index in [0.29, 0.717) is 30.6 Å². The Hall–Kier alpha value is -1.16. The Bertz CT molecular complexity index is 590. The Kier molecular flexibility index (Phi) is 10.8. The lowest BCUT2D eigenvalue weighted by molar-refractivity contribution is 0.0711. The van der Waals surface area contributed by atoms with Crippen LogP contribution in [0.25, 0.3) is 11.5 Å². The van der Waals surface area contributed by atoms with Gasteiger partial charge in [-0.1, -0.05) is 0 Å². The van der Waals surface area contributed by atoms with Gasteiger partial charge >= 0.3 is 0 Å². The van der Waals surface area contributed by atoms with Gasteiger partial charge in [-0.2, -0.15) is 0 Å². The molecule has 130 valence electrons. The summed E-state index contributed by atoms with van der Waals surface area (Å²) in [6, 6.07) is 3.69. The molecule has 0 spiro atoms. The van der Waals surface area contributed by atoms with Gasteiger partial charge in [0.2, 0.25) is 5.13 Å². The summed E-state index contributed by atoms with van der Waals surface area (Å²) in [5, 5.41) is 5.48. The van der Waals surface area contributed by atoms with E-state index < -0.39 is 0 Å². The van der Waals surface area contributed by atoms with Crippen molar-refractivity contribution in [1.29, 1.82) is 0 Å². The summed E-state index contributed by atoms with van der Waals surface area (Å²) >= 11 is 1.43. The molecule has 1 unspecified atom stereocenters. The third-order valence-electron chi connectivity index (χ3n) is 2.57. The van der Waals surface area contributed by atoms with Gasteiger partial charge < -0.3 is 25.9 Å². The van der Waals surface area contributed by atoms with Gasteiger partial charge in [-0.25, -0.2) is 9.98 Å². The zero-order valence-corrected chi connectivity index (χ0v) is 15.0. The molecule has 0 radical (unpaired) electrons. The molecule has 0 saturated heterocycles. The summed E-state index contributed by atoms with van der Waals surface area (Å²) in [4.78, 5) is 8.57. The minimum absolute atomic E-state index is 0. The van der Waals surface area contributed by atoms with Crippen molar-refractivity contribution in [2.24, 2.45) is 16.5 Å². The molecule has 23 heavy (non-hydrogen) atoms. The molecule has 1 atom stereocenters. The molecule has 10 heteroatoms. The summed E-state index contributed by atoms with van der Waals surface area (Å²) in [7, 11) is 0. The predicted molar refractivity (Wildman–Crippen MR) is 98.0 cm³/mol. The third kappa shape index (κ3) is 6.86. The van der Waals surface area contributed by atoms with Gasteiger partial charge in [0, 0.05) is 12.0 Å². The van der Waals surface area contributed by atoms with Crippen molar-refractivity contribution in [3.8, 4) is 11.5 Å². The lowest BCUT2D eigenvalue weighted by Gasteiger charge is -2.09. The molecule has 2 aromatic heterocycles. The van der Waals surface area contributed by atoms with Crippen LogP contribution in [0.3, 0.4) is 0 Å². The van der Waals surface area contributed by atoms with Crippen LogP contribution in [-0.2, 0) is 11.3 Å². The largest absolute Gasteiger partial charge is 0.458 e. The van der Waals surface area contributed by atoms with Gasteiger partial charge in [0.25, 0.3) is 0 Å². The molecule has 0 aliphatic carbocycles. The number of furan rings is 1. The number of aliphatic imine (C=N–C) groups is 1. The molecule has 7 nitrogen and oxygen atoms in total. The molecule has 0 aliphatic rings. The normalized spacial score (nSPS) is 11.8. The van der Waals surface area contributed by atoms with Gasteiger partial charge in [-0.3, -0.25) is 0 Å². The van der Waals surface area contributed by atoms with Crippen LogP contribution >= 0.6 is 36.2 Å². The van der Waals surface area contributed by atoms with Gasteiger partial charge in [0.15, 0.2) is 5.76 Å². The molecule has 2 aromatic rings. The van der Waals surface area contributed by atoms with Crippen LogP contribution in [0.15, 0.2) is 26.9 Å². The van der Waals surface area contributed by atoms with E-state index in [4.69, 9.17) is 20.6 Å². The van der Waals surface area contributed by atoms with E-state index in [1.165, 1.54) is 11.3 Å². The summed E-state index contributed by atoms with van der Waals surface area (Å²) in [6.45, 7) is 3.35. The van der Waals surface area contributed by atoms with Crippen molar-refractivity contribution in [2.45, 2.75) is 19.7 Å². The molecule has 0 aliphatic heterocycles. The van der Waals surface area contributed by atoms with Gasteiger partial charge in [-0.05, 0) is 19.1 Å². The number of rotatable bonds is 8. The molecule has 0 bridgehead atoms. The second kappa shape index (κ2) is 11.4. The molecular formula is C13H21Cl2N5O2S. The van der Waals surface area contributed by atoms with Gasteiger partial charge in [-0.15, -0.1) is 36.2 Å². The van der Waals surface area contributed by atoms with Crippen LogP contribution in [0.2, 0.25) is 0 Å². The minimum atomic E-state index is -0.342. The monoisotopic (exact) mass is 381 g/mol. The van der Waals surface area contributed by atoms with Crippen molar-refractivity contribution in [3.05, 3.63) is 23.3 Å². The van der Waals surface area contributed by atoms with Crippen molar-refractivity contribution >= 4 is 47.6 Å². The second-order valence-corrected chi connectivity index (χ2v) is 4.98. The average Bonchev–Trinajstić information content (AvgIpc) is 3.12. The maximum atomic E-state index is 5.68. The van der Waals surface area contributed by atoms with Crippen molar-refractivity contribution in [3.63, 3.8) is 0 Å². The molecular weight excluding hydrogens is 361 g/mol. The SMILES string of the molecule is CCOC(N)CNC=Nc1nc(-c2ccc(CN)o2)cs1.Cl.Cl. The fourth-order valence-corrected chi connectivity index (χ4v) is 2.26. The van der Waals surface area contributed by atoms with Crippen molar-refractivity contribution in [1.82, 2.24) is 10.3 Å². The lowest BCUT2D eigenvalue weighted by atomic mass is 10.3. The van der Waals surface area contributed by atoms with Gasteiger partial charge in [0.05, 0.1) is 19.4 Å². The summed E-state index contributed by atoms with van der Waals surface area (Å²) in [5.74, 6) is 1.43. The first kappa shape index (κ1) is 21.8. The van der Waals surface area contributed by atoms with Crippen LogP contribution in [0.1, 0.15) is 12.7 Å². The number of nitrogens with two attached hydrogens (primary N) is 2. The molecule has 2 rings (SSSR count). The lowest BCUT2D eigenvalue weighted by Crippen LogP contribution is -2.35. The maximum Gasteiger partial charge on any atom is 0.211 e. The third-order valence-corrected chi connectivity index (χ3v) is 3.32. The smallest absolute Gasteiger partial charge is 0.211 e. The first-order valence-corrected chi connectivity index (χ1v) is 7.48. The standard InChI is InChI=1S/C13H19N5O2S.2ClH/c1-2-19-12(15)6-16-8-17-13-18-10(7-21-13)11-4-3-9(5-14)20-11;;/h3-4,7-8,12H,2,5-6,14-15H2,1H3,(H,16,17,18);2*1H. The van der Waals surface area contributed by atoms with E-state index in [0.717, 1.165) is 11.5 Å². The Morgan fingerprint density at radius 3 is 2.91 bits per heavy atom. The van der Waals surface area contributed by atoms with Crippen LogP contribution < -0.4 is 16.8 Å². The highest BCUT2D eigenvalue weighted by atomic mass is 35.5. The Balaban J connectivity index is 0.00000242. The zero-order chi connectivity index (χ0) is 15.1. The van der Waals surface area contributed by atoms with E-state index in [1.54, 1.807) is 6.34 Å². The number of ether oxygens (including phenoxy) is 1. The molecule has 0 fully saturated rings. The van der Waals surface area contributed by atoms with Crippen LogP contribution in [-0.4, -0.2) is 30.7 Å². The van der Waals surface area contributed by atoms with E-state index in [1.807, 2.05) is 24.4 Å². The highest BCUT2D eigenvalue weighted by Gasteiger charge is 2.08. The second-order valence-electron chi connectivity index (χ2n) is 4.15. The number of hydrogen-bond donors (Lipinski definition) is 3.